The van der Waals surface area contributed by atoms with Crippen molar-refractivity contribution in [2.24, 2.45) is 0 Å². The van der Waals surface area contributed by atoms with E-state index in [-0.39, 0.29) is 10.7 Å². The van der Waals surface area contributed by atoms with Gasteiger partial charge in [-0.05, 0) is 36.4 Å². The molecule has 3 rings (SSSR count). The highest BCUT2D eigenvalue weighted by Crippen LogP contribution is 2.15. The minimum absolute atomic E-state index is 0.0478. The minimum Gasteiger partial charge on any atom is -0.379 e. The van der Waals surface area contributed by atoms with Gasteiger partial charge in [0.15, 0.2) is 5.82 Å². The van der Waals surface area contributed by atoms with E-state index in [1.165, 1.54) is 18.2 Å². The third kappa shape index (κ3) is 5.10. The largest absolute Gasteiger partial charge is 0.379 e. The molecule has 0 saturated carbocycles. The third-order valence-corrected chi connectivity index (χ3v) is 5.24. The summed E-state index contributed by atoms with van der Waals surface area (Å²) in [5, 5.41) is 11.0. The number of hydrogen-bond donors (Lipinski definition) is 2. The van der Waals surface area contributed by atoms with Crippen LogP contribution in [0, 0.1) is 5.82 Å². The van der Waals surface area contributed by atoms with Crippen LogP contribution in [0.2, 0.25) is 0 Å². The van der Waals surface area contributed by atoms with E-state index in [9.17, 15) is 12.8 Å². The maximum absolute atomic E-state index is 12.9. The van der Waals surface area contributed by atoms with Gasteiger partial charge in [-0.15, -0.1) is 10.2 Å². The summed E-state index contributed by atoms with van der Waals surface area (Å²) in [6.45, 7) is 4.90. The zero-order valence-corrected chi connectivity index (χ0v) is 14.9. The van der Waals surface area contributed by atoms with Gasteiger partial charge in [0, 0.05) is 26.2 Å². The molecular weight excluding hydrogens is 361 g/mol. The molecule has 1 saturated heterocycles. The van der Waals surface area contributed by atoms with Gasteiger partial charge in [0.1, 0.15) is 11.6 Å². The van der Waals surface area contributed by atoms with Gasteiger partial charge < -0.3 is 10.1 Å². The third-order valence-electron chi connectivity index (χ3n) is 3.87. The van der Waals surface area contributed by atoms with E-state index in [4.69, 9.17) is 4.74 Å². The highest BCUT2D eigenvalue weighted by molar-refractivity contribution is 7.92. The number of hydrogen-bond acceptors (Lipinski definition) is 7. The highest BCUT2D eigenvalue weighted by Gasteiger charge is 2.15. The highest BCUT2D eigenvalue weighted by atomic mass is 32.2. The summed E-state index contributed by atoms with van der Waals surface area (Å²) in [6, 6.07) is 7.71. The number of nitrogens with one attached hydrogen (secondary N) is 2. The molecule has 1 aromatic carbocycles. The van der Waals surface area contributed by atoms with Crippen molar-refractivity contribution >= 4 is 21.7 Å². The molecule has 1 aliphatic heterocycles. The molecular formula is C16H20FN5O3S. The SMILES string of the molecule is O=S(=O)(Nc1ccc(NCCN2CCOCC2)nn1)c1ccc(F)cc1. The van der Waals surface area contributed by atoms with Crippen LogP contribution in [0.15, 0.2) is 41.3 Å². The number of halogens is 1. The summed E-state index contributed by atoms with van der Waals surface area (Å²) in [7, 11) is -3.83. The molecule has 0 radical (unpaired) electrons. The Kier molecular flexibility index (Phi) is 5.96. The summed E-state index contributed by atoms with van der Waals surface area (Å²) < 4.78 is 44.9. The maximum atomic E-state index is 12.9. The van der Waals surface area contributed by atoms with Crippen molar-refractivity contribution in [1.82, 2.24) is 15.1 Å². The molecule has 0 atom stereocenters. The standard InChI is InChI=1S/C16H20FN5O3S/c17-13-1-3-14(4-2-13)26(23,24)21-16-6-5-15(19-20-16)18-7-8-22-9-11-25-12-10-22/h1-6H,7-12H2,(H,18,19)(H,20,21). The molecule has 0 bridgehead atoms. The minimum atomic E-state index is -3.83. The second-order valence-corrected chi connectivity index (χ2v) is 7.43. The van der Waals surface area contributed by atoms with Crippen molar-refractivity contribution in [3.05, 3.63) is 42.2 Å². The Morgan fingerprint density at radius 3 is 2.35 bits per heavy atom. The number of rotatable bonds is 7. The number of nitrogens with zero attached hydrogens (tertiary/aromatic N) is 3. The fourth-order valence-electron chi connectivity index (χ4n) is 2.46. The predicted octanol–water partition coefficient (Wildman–Crippen LogP) is 1.16. The number of anilines is 2. The molecule has 1 fully saturated rings. The van der Waals surface area contributed by atoms with Gasteiger partial charge in [0.2, 0.25) is 0 Å². The van der Waals surface area contributed by atoms with Gasteiger partial charge in [-0.1, -0.05) is 0 Å². The van der Waals surface area contributed by atoms with E-state index >= 15 is 0 Å². The summed E-state index contributed by atoms with van der Waals surface area (Å²) in [5.74, 6) is 0.146. The van der Waals surface area contributed by atoms with Crippen LogP contribution in [0.4, 0.5) is 16.0 Å². The lowest BCUT2D eigenvalue weighted by atomic mass is 10.4. The molecule has 0 unspecified atom stereocenters. The number of ether oxygens (including phenoxy) is 1. The van der Waals surface area contributed by atoms with Gasteiger partial charge in [0.25, 0.3) is 10.0 Å². The monoisotopic (exact) mass is 381 g/mol. The molecule has 8 nitrogen and oxygen atoms in total. The van der Waals surface area contributed by atoms with Gasteiger partial charge in [-0.2, -0.15) is 0 Å². The normalized spacial score (nSPS) is 15.6. The molecule has 140 valence electrons. The number of sulfonamides is 1. The lowest BCUT2D eigenvalue weighted by molar-refractivity contribution is 0.0398. The van der Waals surface area contributed by atoms with Crippen LogP contribution in [0.1, 0.15) is 0 Å². The average Bonchev–Trinajstić information content (AvgIpc) is 2.64. The molecule has 2 N–H and O–H groups in total. The summed E-state index contributed by atoms with van der Waals surface area (Å²) in [5.41, 5.74) is 0. The lowest BCUT2D eigenvalue weighted by Crippen LogP contribution is -2.39. The molecule has 1 aromatic heterocycles. The van der Waals surface area contributed by atoms with Gasteiger partial charge in [0.05, 0.1) is 18.1 Å². The molecule has 2 aromatic rings. The van der Waals surface area contributed by atoms with E-state index in [0.29, 0.717) is 12.4 Å². The molecule has 0 amide bonds. The van der Waals surface area contributed by atoms with Crippen molar-refractivity contribution in [2.45, 2.75) is 4.90 Å². The van der Waals surface area contributed by atoms with Crippen molar-refractivity contribution in [2.75, 3.05) is 49.4 Å². The Hall–Kier alpha value is -2.30. The molecule has 0 aliphatic carbocycles. The quantitative estimate of drug-likeness (QED) is 0.743. The zero-order valence-electron chi connectivity index (χ0n) is 14.1. The fraction of sp³-hybridized carbons (Fsp3) is 0.375. The molecule has 10 heteroatoms. The first kappa shape index (κ1) is 18.5. The van der Waals surface area contributed by atoms with Crippen molar-refractivity contribution < 1.29 is 17.5 Å². The van der Waals surface area contributed by atoms with E-state index < -0.39 is 15.8 Å². The van der Waals surface area contributed by atoms with Crippen LogP contribution in [-0.4, -0.2) is 62.9 Å². The Morgan fingerprint density at radius 1 is 1.04 bits per heavy atom. The number of benzene rings is 1. The summed E-state index contributed by atoms with van der Waals surface area (Å²) >= 11 is 0. The molecule has 2 heterocycles. The van der Waals surface area contributed by atoms with Gasteiger partial charge in [-0.3, -0.25) is 9.62 Å². The second-order valence-electron chi connectivity index (χ2n) is 5.74. The summed E-state index contributed by atoms with van der Waals surface area (Å²) in [4.78, 5) is 2.24. The second kappa shape index (κ2) is 8.39. The summed E-state index contributed by atoms with van der Waals surface area (Å²) in [6.07, 6.45) is 0. The van der Waals surface area contributed by atoms with E-state index in [1.807, 2.05) is 0 Å². The van der Waals surface area contributed by atoms with Crippen LogP contribution in [-0.2, 0) is 14.8 Å². The smallest absolute Gasteiger partial charge is 0.263 e. The Bertz CT molecular complexity index is 809. The van der Waals surface area contributed by atoms with Crippen LogP contribution in [0.3, 0.4) is 0 Å². The van der Waals surface area contributed by atoms with E-state index in [1.54, 1.807) is 6.07 Å². The first-order chi connectivity index (χ1) is 12.5. The maximum Gasteiger partial charge on any atom is 0.263 e. The Balaban J connectivity index is 1.53. The zero-order chi connectivity index (χ0) is 18.4. The van der Waals surface area contributed by atoms with Crippen molar-refractivity contribution in [3.63, 3.8) is 0 Å². The first-order valence-electron chi connectivity index (χ1n) is 8.19. The van der Waals surface area contributed by atoms with Crippen molar-refractivity contribution in [3.8, 4) is 0 Å². The van der Waals surface area contributed by atoms with Crippen LogP contribution in [0.5, 0.6) is 0 Å². The van der Waals surface area contributed by atoms with E-state index in [2.05, 4.69) is 25.1 Å². The van der Waals surface area contributed by atoms with Gasteiger partial charge >= 0.3 is 0 Å². The van der Waals surface area contributed by atoms with Gasteiger partial charge in [-0.25, -0.2) is 12.8 Å². The van der Waals surface area contributed by atoms with Crippen molar-refractivity contribution in [1.29, 1.82) is 0 Å². The van der Waals surface area contributed by atoms with E-state index in [0.717, 1.165) is 45.0 Å². The van der Waals surface area contributed by atoms with Crippen LogP contribution in [0.25, 0.3) is 0 Å². The molecule has 26 heavy (non-hydrogen) atoms. The number of aromatic nitrogens is 2. The molecule has 0 spiro atoms. The Morgan fingerprint density at radius 2 is 1.69 bits per heavy atom. The topological polar surface area (TPSA) is 96.5 Å². The molecule has 1 aliphatic rings. The number of morpholine rings is 1. The first-order valence-corrected chi connectivity index (χ1v) is 9.67. The average molecular weight is 381 g/mol. The lowest BCUT2D eigenvalue weighted by Gasteiger charge is -2.26. The Labute approximate surface area is 151 Å². The predicted molar refractivity (Wildman–Crippen MR) is 95.0 cm³/mol. The fourth-order valence-corrected chi connectivity index (χ4v) is 3.45. The van der Waals surface area contributed by atoms with Crippen LogP contribution < -0.4 is 10.0 Å². The van der Waals surface area contributed by atoms with Crippen LogP contribution >= 0.6 is 0 Å².